The molecule has 0 heterocycles. The van der Waals surface area contributed by atoms with Gasteiger partial charge in [-0.3, -0.25) is 4.79 Å². The number of carbonyl (C=O) groups excluding carboxylic acids is 2. The van der Waals surface area contributed by atoms with Crippen molar-refractivity contribution in [1.29, 1.82) is 0 Å². The molecule has 0 aliphatic heterocycles. The number of rotatable bonds is 9. The number of hydrogen-bond donors (Lipinski definition) is 0. The fraction of sp³-hybridized carbons (Fsp3) is 0.818. The van der Waals surface area contributed by atoms with Crippen LogP contribution in [-0.2, 0) is 9.59 Å². The Morgan fingerprint density at radius 2 is 1.54 bits per heavy atom. The van der Waals surface area contributed by atoms with Gasteiger partial charge in [0, 0.05) is 12.8 Å². The van der Waals surface area contributed by atoms with Crippen molar-refractivity contribution in [2.75, 3.05) is 0 Å². The number of unbranched alkanes of at least 4 members (excludes halogenated alkanes) is 6. The maximum Gasteiger partial charge on any atom is 0.198 e. The molecule has 2 heteroatoms. The molecule has 0 amide bonds. The molecule has 0 aromatic heterocycles. The molecule has 0 aromatic carbocycles. The zero-order valence-corrected chi connectivity index (χ0v) is 8.47. The maximum atomic E-state index is 10.6. The predicted octanol–water partition coefficient (Wildman–Crippen LogP) is 2.81. The van der Waals surface area contributed by atoms with Crippen molar-refractivity contribution < 1.29 is 9.59 Å². The predicted molar refractivity (Wildman–Crippen MR) is 53.3 cm³/mol. The van der Waals surface area contributed by atoms with Crippen molar-refractivity contribution in [2.45, 2.75) is 58.3 Å². The summed E-state index contributed by atoms with van der Waals surface area (Å²) >= 11 is 0. The van der Waals surface area contributed by atoms with Crippen molar-refractivity contribution in [3.05, 3.63) is 0 Å². The average Bonchev–Trinajstić information content (AvgIpc) is 2.09. The molecule has 0 aliphatic carbocycles. The normalized spacial score (nSPS) is 9.92. The lowest BCUT2D eigenvalue weighted by Crippen LogP contribution is -1.89. The number of hydrogen-bond acceptors (Lipinski definition) is 2. The second-order valence-corrected chi connectivity index (χ2v) is 3.47. The van der Waals surface area contributed by atoms with Gasteiger partial charge in [-0.05, 0) is 19.8 Å². The van der Waals surface area contributed by atoms with E-state index in [1.54, 1.807) is 6.92 Å². The molecule has 2 nitrogen and oxygen atoms in total. The minimum atomic E-state index is 0.288. The maximum absolute atomic E-state index is 10.6. The van der Waals surface area contributed by atoms with Gasteiger partial charge >= 0.3 is 0 Å². The summed E-state index contributed by atoms with van der Waals surface area (Å²) in [7, 11) is 0. The van der Waals surface area contributed by atoms with Crippen molar-refractivity contribution in [3.8, 4) is 0 Å². The summed E-state index contributed by atoms with van der Waals surface area (Å²) in [4.78, 5) is 20.4. The zero-order valence-electron chi connectivity index (χ0n) is 8.47. The van der Waals surface area contributed by atoms with Crippen LogP contribution in [0, 0.1) is 0 Å². The Labute approximate surface area is 80.7 Å². The van der Waals surface area contributed by atoms with E-state index in [4.69, 9.17) is 0 Å². The molecule has 0 bridgehead atoms. The van der Waals surface area contributed by atoms with E-state index in [-0.39, 0.29) is 5.78 Å². The first-order valence-electron chi connectivity index (χ1n) is 5.12. The van der Waals surface area contributed by atoms with Crippen LogP contribution in [0.1, 0.15) is 58.3 Å². The summed E-state index contributed by atoms with van der Waals surface area (Å²) in [5.74, 6) is 0.288. The van der Waals surface area contributed by atoms with Gasteiger partial charge in [-0.2, -0.15) is 0 Å². The van der Waals surface area contributed by atoms with Crippen molar-refractivity contribution in [2.24, 2.45) is 0 Å². The molecule has 0 saturated carbocycles. The van der Waals surface area contributed by atoms with Crippen LogP contribution in [-0.4, -0.2) is 12.1 Å². The molecular formula is C11H19O2. The second-order valence-electron chi connectivity index (χ2n) is 3.47. The Balaban J connectivity index is 2.91. The lowest BCUT2D eigenvalue weighted by molar-refractivity contribution is -0.117. The Morgan fingerprint density at radius 1 is 1.00 bits per heavy atom. The van der Waals surface area contributed by atoms with Gasteiger partial charge in [0.05, 0.1) is 0 Å². The topological polar surface area (TPSA) is 34.1 Å². The Bertz CT molecular complexity index is 141. The molecule has 75 valence electrons. The van der Waals surface area contributed by atoms with E-state index in [0.717, 1.165) is 32.1 Å². The summed E-state index contributed by atoms with van der Waals surface area (Å²) in [5, 5.41) is 0. The molecule has 0 fully saturated rings. The van der Waals surface area contributed by atoms with Crippen molar-refractivity contribution >= 4 is 12.1 Å². The van der Waals surface area contributed by atoms with Crippen molar-refractivity contribution in [1.82, 2.24) is 0 Å². The van der Waals surface area contributed by atoms with Gasteiger partial charge in [-0.15, -0.1) is 0 Å². The summed E-state index contributed by atoms with van der Waals surface area (Å²) in [5.41, 5.74) is 0. The highest BCUT2D eigenvalue weighted by Crippen LogP contribution is 2.07. The number of ketones is 1. The molecule has 0 unspecified atom stereocenters. The van der Waals surface area contributed by atoms with Crippen LogP contribution in [0.25, 0.3) is 0 Å². The van der Waals surface area contributed by atoms with E-state index in [0.29, 0.717) is 6.42 Å². The van der Waals surface area contributed by atoms with Crippen LogP contribution in [0.3, 0.4) is 0 Å². The van der Waals surface area contributed by atoms with E-state index >= 15 is 0 Å². The van der Waals surface area contributed by atoms with Crippen LogP contribution < -0.4 is 0 Å². The van der Waals surface area contributed by atoms with E-state index in [2.05, 4.69) is 0 Å². The first kappa shape index (κ1) is 12.3. The summed E-state index contributed by atoms with van der Waals surface area (Å²) in [6, 6.07) is 0. The SMILES string of the molecule is CC(=O)CCCCCCCC[C]=O. The molecule has 1 radical (unpaired) electrons. The third kappa shape index (κ3) is 11.3. The molecule has 0 saturated heterocycles. The first-order chi connectivity index (χ1) is 6.27. The first-order valence-corrected chi connectivity index (χ1v) is 5.12. The van der Waals surface area contributed by atoms with Crippen LogP contribution in [0.4, 0.5) is 0 Å². The summed E-state index contributed by atoms with van der Waals surface area (Å²) < 4.78 is 0. The van der Waals surface area contributed by atoms with Crippen molar-refractivity contribution in [3.63, 3.8) is 0 Å². The molecule has 0 aliphatic rings. The second kappa shape index (κ2) is 9.43. The van der Waals surface area contributed by atoms with Crippen LogP contribution >= 0.6 is 0 Å². The highest BCUT2D eigenvalue weighted by molar-refractivity contribution is 5.75. The van der Waals surface area contributed by atoms with Gasteiger partial charge in [0.25, 0.3) is 0 Å². The molecule has 0 spiro atoms. The van der Waals surface area contributed by atoms with Crippen LogP contribution in [0.15, 0.2) is 0 Å². The quantitative estimate of drug-likeness (QED) is 0.515. The molecule has 0 N–H and O–H groups in total. The fourth-order valence-electron chi connectivity index (χ4n) is 1.28. The van der Waals surface area contributed by atoms with E-state index in [1.807, 2.05) is 6.29 Å². The number of Topliss-reactive ketones (excluding diaryl/α,β-unsaturated/α-hetero) is 1. The largest absolute Gasteiger partial charge is 0.300 e. The lowest BCUT2D eigenvalue weighted by atomic mass is 10.1. The Hall–Kier alpha value is -0.660. The molecular weight excluding hydrogens is 164 g/mol. The van der Waals surface area contributed by atoms with E-state index in [9.17, 15) is 9.59 Å². The van der Waals surface area contributed by atoms with E-state index in [1.165, 1.54) is 12.8 Å². The minimum Gasteiger partial charge on any atom is -0.300 e. The smallest absolute Gasteiger partial charge is 0.198 e. The Kier molecular flexibility index (Phi) is 8.95. The van der Waals surface area contributed by atoms with E-state index < -0.39 is 0 Å². The summed E-state index contributed by atoms with van der Waals surface area (Å²) in [6.07, 6.45) is 9.81. The lowest BCUT2D eigenvalue weighted by Gasteiger charge is -1.98. The minimum absolute atomic E-state index is 0.288. The third-order valence-corrected chi connectivity index (χ3v) is 2.06. The van der Waals surface area contributed by atoms with Gasteiger partial charge in [0.2, 0.25) is 0 Å². The zero-order chi connectivity index (χ0) is 9.94. The van der Waals surface area contributed by atoms with Gasteiger partial charge in [0.15, 0.2) is 6.29 Å². The van der Waals surface area contributed by atoms with Gasteiger partial charge in [0.1, 0.15) is 5.78 Å². The molecule has 0 atom stereocenters. The van der Waals surface area contributed by atoms with Gasteiger partial charge in [-0.25, -0.2) is 0 Å². The third-order valence-electron chi connectivity index (χ3n) is 2.06. The standard InChI is InChI=1S/C11H19O2/c1-11(13)9-7-5-3-2-4-6-8-10-12/h2-9H2,1H3. The highest BCUT2D eigenvalue weighted by Gasteiger charge is 1.94. The Morgan fingerprint density at radius 3 is 2.08 bits per heavy atom. The molecule has 0 rings (SSSR count). The molecule has 13 heavy (non-hydrogen) atoms. The number of carbonyl (C=O) groups is 1. The van der Waals surface area contributed by atoms with Gasteiger partial charge in [-0.1, -0.05) is 25.7 Å². The summed E-state index contributed by atoms with van der Waals surface area (Å²) in [6.45, 7) is 1.64. The van der Waals surface area contributed by atoms with Crippen LogP contribution in [0.2, 0.25) is 0 Å². The monoisotopic (exact) mass is 183 g/mol. The van der Waals surface area contributed by atoms with Gasteiger partial charge < -0.3 is 4.79 Å². The average molecular weight is 183 g/mol. The fourth-order valence-corrected chi connectivity index (χ4v) is 1.28. The van der Waals surface area contributed by atoms with Crippen LogP contribution in [0.5, 0.6) is 0 Å². The molecule has 0 aromatic rings. The highest BCUT2D eigenvalue weighted by atomic mass is 16.1.